The molecule has 1 saturated carbocycles. The van der Waals surface area contributed by atoms with Crippen LogP contribution >= 0.6 is 0 Å². The fourth-order valence-corrected chi connectivity index (χ4v) is 4.96. The molecule has 2 aliphatic rings. The zero-order chi connectivity index (χ0) is 21.4. The second-order valence-electron chi connectivity index (χ2n) is 8.29. The Morgan fingerprint density at radius 1 is 1.00 bits per heavy atom. The summed E-state index contributed by atoms with van der Waals surface area (Å²) in [5.41, 5.74) is 2.47. The standard InChI is InChI=1S/C25H22FN3O2/c26-20-9-4-10-21-22(20)25(11-1-2-12-25)16-29(21)24(31)17-6-3-8-19(14-17)28-23(30)18-7-5-13-27-15-18/h3-10,13-15H,1-2,11-12,16H2,(H,28,30). The van der Waals surface area contributed by atoms with E-state index in [0.717, 1.165) is 25.7 Å². The summed E-state index contributed by atoms with van der Waals surface area (Å²) in [6.07, 6.45) is 6.97. The molecular formula is C25H22FN3O2. The van der Waals surface area contributed by atoms with Crippen LogP contribution in [-0.4, -0.2) is 23.3 Å². The maximum Gasteiger partial charge on any atom is 0.258 e. The third kappa shape index (κ3) is 3.38. The minimum Gasteiger partial charge on any atom is -0.322 e. The normalized spacial score (nSPS) is 16.4. The predicted octanol–water partition coefficient (Wildman–Crippen LogP) is 4.95. The molecule has 0 bridgehead atoms. The first-order valence-electron chi connectivity index (χ1n) is 10.5. The molecule has 2 aromatic carbocycles. The molecule has 1 fully saturated rings. The number of halogens is 1. The smallest absolute Gasteiger partial charge is 0.258 e. The number of hydrogen-bond donors (Lipinski definition) is 1. The number of carbonyl (C=O) groups is 2. The van der Waals surface area contributed by atoms with E-state index in [4.69, 9.17) is 0 Å². The van der Waals surface area contributed by atoms with E-state index in [1.54, 1.807) is 53.6 Å². The number of anilines is 2. The highest BCUT2D eigenvalue weighted by Gasteiger charge is 2.48. The van der Waals surface area contributed by atoms with E-state index in [2.05, 4.69) is 10.3 Å². The first-order chi connectivity index (χ1) is 15.1. The van der Waals surface area contributed by atoms with Gasteiger partial charge in [0.25, 0.3) is 11.8 Å². The number of nitrogens with one attached hydrogen (secondary N) is 1. The Bertz CT molecular complexity index is 1160. The fourth-order valence-electron chi connectivity index (χ4n) is 4.96. The number of fused-ring (bicyclic) bond motifs is 2. The van der Waals surface area contributed by atoms with Gasteiger partial charge in [0.15, 0.2) is 0 Å². The van der Waals surface area contributed by atoms with Gasteiger partial charge >= 0.3 is 0 Å². The van der Waals surface area contributed by atoms with E-state index in [0.29, 0.717) is 34.6 Å². The van der Waals surface area contributed by atoms with Crippen molar-refractivity contribution in [1.82, 2.24) is 4.98 Å². The number of carbonyl (C=O) groups excluding carboxylic acids is 2. The van der Waals surface area contributed by atoms with Crippen LogP contribution in [0.5, 0.6) is 0 Å². The molecule has 1 aromatic heterocycles. The highest BCUT2D eigenvalue weighted by molar-refractivity contribution is 6.09. The summed E-state index contributed by atoms with van der Waals surface area (Å²) < 4.78 is 14.8. The zero-order valence-corrected chi connectivity index (χ0v) is 17.0. The second-order valence-corrected chi connectivity index (χ2v) is 8.29. The van der Waals surface area contributed by atoms with Crippen molar-refractivity contribution in [2.24, 2.45) is 0 Å². The zero-order valence-electron chi connectivity index (χ0n) is 17.0. The summed E-state index contributed by atoms with van der Waals surface area (Å²) in [7, 11) is 0. The average Bonchev–Trinajstić information content (AvgIpc) is 3.40. The summed E-state index contributed by atoms with van der Waals surface area (Å²) >= 11 is 0. The molecular weight excluding hydrogens is 393 g/mol. The van der Waals surface area contributed by atoms with Crippen LogP contribution in [0.2, 0.25) is 0 Å². The number of pyridine rings is 1. The number of nitrogens with zero attached hydrogens (tertiary/aromatic N) is 2. The Hall–Kier alpha value is -3.54. The monoisotopic (exact) mass is 415 g/mol. The minimum absolute atomic E-state index is 0.187. The van der Waals surface area contributed by atoms with Crippen LogP contribution in [0.1, 0.15) is 52.0 Å². The van der Waals surface area contributed by atoms with Gasteiger partial charge in [-0.1, -0.05) is 25.0 Å². The largest absolute Gasteiger partial charge is 0.322 e. The topological polar surface area (TPSA) is 62.3 Å². The lowest BCUT2D eigenvalue weighted by atomic mass is 9.80. The molecule has 0 radical (unpaired) electrons. The number of rotatable bonds is 3. The maximum atomic E-state index is 14.8. The van der Waals surface area contributed by atoms with Gasteiger partial charge in [0.2, 0.25) is 0 Å². The first kappa shape index (κ1) is 19.4. The van der Waals surface area contributed by atoms with E-state index in [1.807, 2.05) is 6.07 Å². The summed E-state index contributed by atoms with van der Waals surface area (Å²) in [4.78, 5) is 31.5. The summed E-state index contributed by atoms with van der Waals surface area (Å²) in [5, 5.41) is 2.81. The number of aromatic nitrogens is 1. The van der Waals surface area contributed by atoms with Gasteiger partial charge in [0, 0.05) is 41.2 Å². The summed E-state index contributed by atoms with van der Waals surface area (Å²) in [6, 6.07) is 15.2. The van der Waals surface area contributed by atoms with Crippen molar-refractivity contribution in [3.63, 3.8) is 0 Å². The molecule has 1 N–H and O–H groups in total. The summed E-state index contributed by atoms with van der Waals surface area (Å²) in [5.74, 6) is -0.712. The molecule has 6 heteroatoms. The quantitative estimate of drug-likeness (QED) is 0.659. The molecule has 2 heterocycles. The fraction of sp³-hybridized carbons (Fsp3) is 0.240. The molecule has 3 aromatic rings. The molecule has 0 saturated heterocycles. The molecule has 0 unspecified atom stereocenters. The van der Waals surface area contributed by atoms with Gasteiger partial charge in [-0.2, -0.15) is 0 Å². The Morgan fingerprint density at radius 2 is 1.77 bits per heavy atom. The number of hydrogen-bond acceptors (Lipinski definition) is 3. The van der Waals surface area contributed by atoms with Crippen LogP contribution in [0, 0.1) is 5.82 Å². The number of benzene rings is 2. The van der Waals surface area contributed by atoms with E-state index in [1.165, 1.54) is 12.3 Å². The Labute approximate surface area is 179 Å². The van der Waals surface area contributed by atoms with E-state index < -0.39 is 0 Å². The highest BCUT2D eigenvalue weighted by Crippen LogP contribution is 2.51. The van der Waals surface area contributed by atoms with E-state index >= 15 is 0 Å². The van der Waals surface area contributed by atoms with Crippen molar-refractivity contribution in [3.8, 4) is 0 Å². The van der Waals surface area contributed by atoms with Crippen LogP contribution < -0.4 is 10.2 Å². The molecule has 31 heavy (non-hydrogen) atoms. The Morgan fingerprint density at radius 3 is 2.55 bits per heavy atom. The predicted molar refractivity (Wildman–Crippen MR) is 117 cm³/mol. The Kier molecular flexibility index (Phi) is 4.77. The molecule has 2 amide bonds. The van der Waals surface area contributed by atoms with Crippen LogP contribution in [0.25, 0.3) is 0 Å². The third-order valence-electron chi connectivity index (χ3n) is 6.37. The van der Waals surface area contributed by atoms with Gasteiger partial charge in [-0.05, 0) is 55.3 Å². The van der Waals surface area contributed by atoms with Crippen molar-refractivity contribution in [2.45, 2.75) is 31.1 Å². The highest BCUT2D eigenvalue weighted by atomic mass is 19.1. The molecule has 1 spiro atoms. The van der Waals surface area contributed by atoms with Crippen molar-refractivity contribution >= 4 is 23.2 Å². The number of amides is 2. The molecule has 1 aliphatic carbocycles. The summed E-state index contributed by atoms with van der Waals surface area (Å²) in [6.45, 7) is 0.494. The second kappa shape index (κ2) is 7.61. The lowest BCUT2D eigenvalue weighted by Crippen LogP contribution is -2.35. The molecule has 0 atom stereocenters. The van der Waals surface area contributed by atoms with Crippen LogP contribution in [-0.2, 0) is 5.41 Å². The lowest BCUT2D eigenvalue weighted by molar-refractivity contribution is 0.0982. The van der Waals surface area contributed by atoms with Crippen LogP contribution in [0.3, 0.4) is 0 Å². The van der Waals surface area contributed by atoms with Gasteiger partial charge in [-0.15, -0.1) is 0 Å². The molecule has 5 nitrogen and oxygen atoms in total. The minimum atomic E-state index is -0.295. The van der Waals surface area contributed by atoms with E-state index in [-0.39, 0.29) is 23.0 Å². The van der Waals surface area contributed by atoms with Crippen molar-refractivity contribution in [2.75, 3.05) is 16.8 Å². The van der Waals surface area contributed by atoms with Gasteiger partial charge < -0.3 is 10.2 Å². The molecule has 156 valence electrons. The van der Waals surface area contributed by atoms with Gasteiger partial charge in [-0.3, -0.25) is 14.6 Å². The average molecular weight is 415 g/mol. The van der Waals surface area contributed by atoms with Gasteiger partial charge in [0.05, 0.1) is 11.3 Å². The van der Waals surface area contributed by atoms with Gasteiger partial charge in [-0.25, -0.2) is 4.39 Å². The lowest BCUT2D eigenvalue weighted by Gasteiger charge is -2.25. The first-order valence-corrected chi connectivity index (χ1v) is 10.5. The Balaban J connectivity index is 1.43. The van der Waals surface area contributed by atoms with Crippen molar-refractivity contribution in [3.05, 3.63) is 89.5 Å². The van der Waals surface area contributed by atoms with Crippen molar-refractivity contribution < 1.29 is 14.0 Å². The third-order valence-corrected chi connectivity index (χ3v) is 6.37. The maximum absolute atomic E-state index is 14.8. The SMILES string of the molecule is O=C(Nc1cccc(C(=O)N2CC3(CCCC3)c3c(F)cccc32)c1)c1cccnc1. The molecule has 1 aliphatic heterocycles. The molecule has 5 rings (SSSR count). The van der Waals surface area contributed by atoms with Crippen LogP contribution in [0.4, 0.5) is 15.8 Å². The van der Waals surface area contributed by atoms with Gasteiger partial charge in [0.1, 0.15) is 5.82 Å². The van der Waals surface area contributed by atoms with Crippen molar-refractivity contribution in [1.29, 1.82) is 0 Å². The van der Waals surface area contributed by atoms with E-state index in [9.17, 15) is 14.0 Å². The van der Waals surface area contributed by atoms with Crippen LogP contribution in [0.15, 0.2) is 67.0 Å².